The van der Waals surface area contributed by atoms with Gasteiger partial charge in [-0.1, -0.05) is 87.8 Å². The molecule has 8 atom stereocenters. The number of aromatic nitrogens is 12. The standard InChI is InChI=1S/C78H88Cl6N22O/c1-44(2)99-33-47(20-50(36-99)53-40-102(41-53)69-30-88-73-64(27-85)94-104(76(73)91-69)46(5)58-15-12-55(79)24-61(58)82)23-68(60-17-14-57(81)26-63(60)84)106-78-75(66(29-87)96-106)90-32-71(93-78)103-42-54(43-103)51-21-48(34-100(37-51)45(3)4)22-67(59-16-13-56(80)25-62(59)83)105-77-74(65(28-86)95-105)89-31-70(92-77)101-38-52(39-101)49-10-8-18-98(35-49)19-9-11-72(107)97(6)7/h12-17,24-26,30-32,44-54,67-68H,8-11,18-23,33-43H2,1-7H3/t46-,47?,48?,49+,50+,51-,67-,68-/m1/s1. The Morgan fingerprint density at radius 2 is 0.897 bits per heavy atom. The van der Waals surface area contributed by atoms with E-state index >= 15 is 0 Å². The molecule has 15 rings (SSSR count). The number of anilines is 3. The van der Waals surface area contributed by atoms with Gasteiger partial charge in [-0.25, -0.2) is 43.9 Å². The van der Waals surface area contributed by atoms with Gasteiger partial charge in [-0.2, -0.15) is 31.1 Å². The Morgan fingerprint density at radius 3 is 1.29 bits per heavy atom. The van der Waals surface area contributed by atoms with Crippen LogP contribution in [0.5, 0.6) is 0 Å². The second-order valence-electron chi connectivity index (χ2n) is 31.5. The van der Waals surface area contributed by atoms with Crippen LogP contribution < -0.4 is 14.7 Å². The number of hydrogen-bond acceptors (Lipinski definition) is 19. The quantitative estimate of drug-likeness (QED) is 0.0612. The first-order valence-corrected chi connectivity index (χ1v) is 39.8. The van der Waals surface area contributed by atoms with E-state index < -0.39 is 12.1 Å². The second-order valence-corrected chi connectivity index (χ2v) is 34.0. The van der Waals surface area contributed by atoms with Crippen molar-refractivity contribution in [2.24, 2.45) is 47.3 Å². The lowest BCUT2D eigenvalue weighted by molar-refractivity contribution is -0.128. The van der Waals surface area contributed by atoms with Crippen molar-refractivity contribution < 1.29 is 4.79 Å². The number of amides is 1. The maximum Gasteiger partial charge on any atom is 0.222 e. The maximum absolute atomic E-state index is 12.3. The van der Waals surface area contributed by atoms with E-state index in [0.29, 0.717) is 118 Å². The van der Waals surface area contributed by atoms with Crippen molar-refractivity contribution in [1.82, 2.24) is 78.8 Å². The zero-order valence-corrected chi connectivity index (χ0v) is 65.8. The lowest BCUT2D eigenvalue weighted by atomic mass is 9.75. The van der Waals surface area contributed by atoms with Crippen molar-refractivity contribution in [2.75, 3.05) is 114 Å². The predicted octanol–water partition coefficient (Wildman–Crippen LogP) is 14.2. The van der Waals surface area contributed by atoms with Crippen LogP contribution in [0, 0.1) is 81.3 Å². The minimum Gasteiger partial charge on any atom is -0.355 e. The number of rotatable bonds is 22. The number of nitriles is 3. The minimum absolute atomic E-state index is 0.176. The van der Waals surface area contributed by atoms with Gasteiger partial charge in [0.1, 0.15) is 52.2 Å². The number of nitrogens with zero attached hydrogens (tertiary/aromatic N) is 22. The number of likely N-dealkylation sites (tertiary alicyclic amines) is 3. The summed E-state index contributed by atoms with van der Waals surface area (Å²) in [5, 5.41) is 49.4. The average Bonchev–Trinajstić information content (AvgIpc) is 1.73. The third-order valence-corrected chi connectivity index (χ3v) is 25.6. The number of carbonyl (C=O) groups excluding carboxylic acids is 1. The molecule has 0 saturated carbocycles. The lowest BCUT2D eigenvalue weighted by Gasteiger charge is -2.50. The molecule has 2 unspecified atom stereocenters. The Hall–Kier alpha value is -7.73. The molecule has 6 saturated heterocycles. The molecule has 1 amide bonds. The van der Waals surface area contributed by atoms with Crippen molar-refractivity contribution in [2.45, 2.75) is 116 Å². The highest BCUT2D eigenvalue weighted by Crippen LogP contribution is 2.46. The fourth-order valence-electron chi connectivity index (χ4n) is 17.7. The summed E-state index contributed by atoms with van der Waals surface area (Å²) in [5.74, 6) is 5.27. The van der Waals surface area contributed by atoms with Gasteiger partial charge < -0.3 is 34.3 Å². The molecule has 12 heterocycles. The molecule has 6 fully saturated rings. The van der Waals surface area contributed by atoms with Gasteiger partial charge in [0.15, 0.2) is 34.0 Å². The van der Waals surface area contributed by atoms with E-state index in [1.807, 2.05) is 60.7 Å². The van der Waals surface area contributed by atoms with Crippen LogP contribution in [0.2, 0.25) is 30.1 Å². The molecule has 558 valence electrons. The Bertz CT molecular complexity index is 4940. The molecule has 6 aromatic heterocycles. The molecule has 29 heteroatoms. The lowest BCUT2D eigenvalue weighted by Crippen LogP contribution is -2.56. The summed E-state index contributed by atoms with van der Waals surface area (Å²) in [6, 6.07) is 23.0. The first-order chi connectivity index (χ1) is 51.6. The van der Waals surface area contributed by atoms with Crippen LogP contribution in [0.15, 0.2) is 73.2 Å². The molecule has 6 aliphatic heterocycles. The Balaban J connectivity index is 0.653. The largest absolute Gasteiger partial charge is 0.355 e. The number of piperidine rings is 3. The molecule has 0 N–H and O–H groups in total. The predicted molar refractivity (Wildman–Crippen MR) is 420 cm³/mol. The molecular formula is C78H88Cl6N22O. The summed E-state index contributed by atoms with van der Waals surface area (Å²) in [5.41, 5.74) is 6.03. The van der Waals surface area contributed by atoms with Gasteiger partial charge in [-0.3, -0.25) is 4.79 Å². The molecule has 0 radical (unpaired) electrons. The van der Waals surface area contributed by atoms with Crippen molar-refractivity contribution in [3.05, 3.63) is 137 Å². The zero-order valence-electron chi connectivity index (χ0n) is 61.3. The maximum atomic E-state index is 12.3. The number of halogens is 6. The van der Waals surface area contributed by atoms with E-state index in [4.69, 9.17) is 110 Å². The van der Waals surface area contributed by atoms with E-state index in [-0.39, 0.29) is 53.0 Å². The molecule has 9 aromatic rings. The van der Waals surface area contributed by atoms with E-state index in [9.17, 15) is 20.6 Å². The summed E-state index contributed by atoms with van der Waals surface area (Å²) >= 11 is 40.8. The fourth-order valence-corrected chi connectivity index (χ4v) is 19.4. The molecule has 0 aliphatic carbocycles. The second kappa shape index (κ2) is 31.3. The average molecular weight is 1560 g/mol. The molecule has 3 aromatic carbocycles. The van der Waals surface area contributed by atoms with Crippen molar-refractivity contribution in [1.29, 1.82) is 15.8 Å². The monoisotopic (exact) mass is 1560 g/mol. The zero-order chi connectivity index (χ0) is 74.8. The Kier molecular flexibility index (Phi) is 21.9. The molecule has 6 aliphatic rings. The van der Waals surface area contributed by atoms with E-state index in [0.717, 1.165) is 145 Å². The molecule has 23 nitrogen and oxygen atoms in total. The number of hydrogen-bond donors (Lipinski definition) is 0. The smallest absolute Gasteiger partial charge is 0.222 e. The van der Waals surface area contributed by atoms with Crippen molar-refractivity contribution >= 4 is 126 Å². The van der Waals surface area contributed by atoms with Gasteiger partial charge >= 0.3 is 0 Å². The van der Waals surface area contributed by atoms with Crippen LogP contribution in [0.3, 0.4) is 0 Å². The fraction of sp³-hybridized carbons (Fsp3) is 0.526. The molecular weight excluding hydrogens is 1470 g/mol. The van der Waals surface area contributed by atoms with Gasteiger partial charge in [-0.15, -0.1) is 0 Å². The topological polar surface area (TPSA) is 242 Å². The summed E-state index contributed by atoms with van der Waals surface area (Å²) in [4.78, 5) is 59.1. The van der Waals surface area contributed by atoms with Crippen LogP contribution >= 0.6 is 69.6 Å². The Morgan fingerprint density at radius 1 is 0.505 bits per heavy atom. The number of benzene rings is 3. The number of fused-ring (bicyclic) bond motifs is 3. The van der Waals surface area contributed by atoms with Crippen molar-refractivity contribution in [3.63, 3.8) is 0 Å². The summed E-state index contributed by atoms with van der Waals surface area (Å²) in [6.07, 6.45) is 12.4. The van der Waals surface area contributed by atoms with Gasteiger partial charge in [0.25, 0.3) is 0 Å². The van der Waals surface area contributed by atoms with Gasteiger partial charge in [0.2, 0.25) is 5.91 Å². The first-order valence-electron chi connectivity index (χ1n) is 37.5. The highest BCUT2D eigenvalue weighted by Gasteiger charge is 2.45. The summed E-state index contributed by atoms with van der Waals surface area (Å²) in [7, 11) is 3.64. The molecule has 107 heavy (non-hydrogen) atoms. The van der Waals surface area contributed by atoms with Gasteiger partial charge in [0, 0.05) is 135 Å². The van der Waals surface area contributed by atoms with Crippen LogP contribution in [0.25, 0.3) is 33.5 Å². The third-order valence-electron chi connectivity index (χ3n) is 23.9. The summed E-state index contributed by atoms with van der Waals surface area (Å²) in [6.45, 7) is 22.6. The van der Waals surface area contributed by atoms with E-state index in [1.54, 1.807) is 52.4 Å². The minimum atomic E-state index is -0.423. The highest BCUT2D eigenvalue weighted by atomic mass is 35.5. The normalized spacial score (nSPS) is 21.7. The van der Waals surface area contributed by atoms with E-state index in [1.165, 1.54) is 6.42 Å². The van der Waals surface area contributed by atoms with Gasteiger partial charge in [0.05, 0.1) is 36.7 Å². The van der Waals surface area contributed by atoms with Crippen LogP contribution in [0.1, 0.15) is 138 Å². The van der Waals surface area contributed by atoms with Crippen LogP contribution in [-0.4, -0.2) is 196 Å². The van der Waals surface area contributed by atoms with Crippen LogP contribution in [0.4, 0.5) is 17.5 Å². The SMILES string of the molecule is CC(C)N1CC(C[C@H](c2ccc(Cl)cc2Cl)n2nc(C#N)c3ncc(N4CC([C@H]5CCCN(CCCC(=O)N(C)C)C5)C4)nc32)C[C@@H](C2CN(c3cnc4c(C#N)nn([C@H](CC5C[C@H](C6CN(c7cnc8c(C#N)nn([C@H](C)c9ccc(Cl)cc9Cl)c8n7)C6)CN(C(C)C)C5)c5ccc(Cl)cc5Cl)c4n3)C2)C1. The summed E-state index contributed by atoms with van der Waals surface area (Å²) < 4.78 is 5.55. The Labute approximate surface area is 654 Å². The van der Waals surface area contributed by atoms with Gasteiger partial charge in [-0.05, 0) is 193 Å². The van der Waals surface area contributed by atoms with Crippen molar-refractivity contribution in [3.8, 4) is 18.2 Å². The molecule has 0 spiro atoms. The molecule has 0 bridgehead atoms. The third kappa shape index (κ3) is 15.3. The van der Waals surface area contributed by atoms with Crippen LogP contribution in [-0.2, 0) is 4.79 Å². The first kappa shape index (κ1) is 74.7. The number of carbonyl (C=O) groups is 1. The van der Waals surface area contributed by atoms with E-state index in [2.05, 4.69) is 80.4 Å². The highest BCUT2D eigenvalue weighted by molar-refractivity contribution is 6.36.